The molecule has 19 heavy (non-hydrogen) atoms. The number of imidazole rings is 1. The Labute approximate surface area is 113 Å². The lowest BCUT2D eigenvalue weighted by molar-refractivity contribution is -0.135. The molecule has 1 aliphatic rings. The highest BCUT2D eigenvalue weighted by atomic mass is 35.5. The number of piperidine rings is 1. The number of amides is 2. The first-order valence-corrected chi connectivity index (χ1v) is 6.21. The van der Waals surface area contributed by atoms with E-state index in [4.69, 9.17) is 17.3 Å². The number of imide groups is 1. The first-order valence-electron chi connectivity index (χ1n) is 5.83. The van der Waals surface area contributed by atoms with Gasteiger partial charge in [0.2, 0.25) is 17.8 Å². The van der Waals surface area contributed by atoms with E-state index < -0.39 is 6.04 Å². The number of anilines is 1. The summed E-state index contributed by atoms with van der Waals surface area (Å²) in [5, 5.41) is 2.85. The molecular formula is C12H11ClN4O2. The van der Waals surface area contributed by atoms with Gasteiger partial charge in [0, 0.05) is 11.4 Å². The molecule has 2 amide bonds. The summed E-state index contributed by atoms with van der Waals surface area (Å²) in [6, 6.07) is 4.65. The predicted octanol–water partition coefficient (Wildman–Crippen LogP) is 1.25. The monoisotopic (exact) mass is 278 g/mol. The van der Waals surface area contributed by atoms with E-state index in [2.05, 4.69) is 10.3 Å². The van der Waals surface area contributed by atoms with Crippen molar-refractivity contribution in [3.8, 4) is 0 Å². The number of carbonyl (C=O) groups excluding carboxylic acids is 2. The number of halogens is 1. The number of benzene rings is 1. The molecule has 1 saturated heterocycles. The van der Waals surface area contributed by atoms with Gasteiger partial charge in [-0.05, 0) is 24.6 Å². The number of hydrogen-bond donors (Lipinski definition) is 2. The highest BCUT2D eigenvalue weighted by Gasteiger charge is 2.30. The van der Waals surface area contributed by atoms with Crippen LogP contribution in [0.2, 0.25) is 5.02 Å². The van der Waals surface area contributed by atoms with Gasteiger partial charge >= 0.3 is 0 Å². The molecule has 3 rings (SSSR count). The van der Waals surface area contributed by atoms with Gasteiger partial charge in [-0.15, -0.1) is 0 Å². The van der Waals surface area contributed by atoms with E-state index in [0.717, 1.165) is 0 Å². The van der Waals surface area contributed by atoms with E-state index in [9.17, 15) is 9.59 Å². The van der Waals surface area contributed by atoms with Gasteiger partial charge < -0.3 is 5.73 Å². The largest absolute Gasteiger partial charge is 0.369 e. The third-order valence-electron chi connectivity index (χ3n) is 3.20. The molecule has 7 heteroatoms. The maximum absolute atomic E-state index is 11.9. The average Bonchev–Trinajstić information content (AvgIpc) is 2.65. The number of carbonyl (C=O) groups is 2. The van der Waals surface area contributed by atoms with Crippen molar-refractivity contribution in [1.29, 1.82) is 0 Å². The number of hydrogen-bond acceptors (Lipinski definition) is 4. The molecule has 1 fully saturated rings. The van der Waals surface area contributed by atoms with E-state index in [1.807, 2.05) is 0 Å². The van der Waals surface area contributed by atoms with Crippen LogP contribution < -0.4 is 11.1 Å². The fraction of sp³-hybridized carbons (Fsp3) is 0.250. The minimum absolute atomic E-state index is 0.242. The highest BCUT2D eigenvalue weighted by molar-refractivity contribution is 6.31. The molecule has 1 atom stereocenters. The van der Waals surface area contributed by atoms with Crippen LogP contribution in [-0.4, -0.2) is 21.4 Å². The summed E-state index contributed by atoms with van der Waals surface area (Å²) < 4.78 is 1.63. The quantitative estimate of drug-likeness (QED) is 0.768. The Morgan fingerprint density at radius 1 is 1.42 bits per heavy atom. The number of aromatic nitrogens is 2. The summed E-state index contributed by atoms with van der Waals surface area (Å²) in [4.78, 5) is 27.3. The smallest absolute Gasteiger partial charge is 0.249 e. The molecule has 2 heterocycles. The zero-order valence-electron chi connectivity index (χ0n) is 9.89. The van der Waals surface area contributed by atoms with Crippen LogP contribution in [0.3, 0.4) is 0 Å². The summed E-state index contributed by atoms with van der Waals surface area (Å²) in [5.74, 6) is -0.378. The number of rotatable bonds is 1. The SMILES string of the molecule is Nc1nc2ccc(Cl)cc2n1C1CCC(=O)NC1=O. The first-order chi connectivity index (χ1) is 9.06. The van der Waals surface area contributed by atoms with Crippen molar-refractivity contribution in [3.63, 3.8) is 0 Å². The van der Waals surface area contributed by atoms with E-state index in [-0.39, 0.29) is 24.2 Å². The fourth-order valence-electron chi connectivity index (χ4n) is 2.34. The van der Waals surface area contributed by atoms with Gasteiger partial charge in [-0.2, -0.15) is 0 Å². The third-order valence-corrected chi connectivity index (χ3v) is 3.44. The number of fused-ring (bicyclic) bond motifs is 1. The maximum Gasteiger partial charge on any atom is 0.249 e. The van der Waals surface area contributed by atoms with Crippen LogP contribution >= 0.6 is 11.6 Å². The molecule has 0 spiro atoms. The van der Waals surface area contributed by atoms with Gasteiger partial charge in [0.15, 0.2) is 0 Å². The summed E-state index contributed by atoms with van der Waals surface area (Å²) >= 11 is 5.96. The Hall–Kier alpha value is -2.08. The van der Waals surface area contributed by atoms with Crippen LogP contribution in [0.5, 0.6) is 0 Å². The van der Waals surface area contributed by atoms with Gasteiger partial charge in [-0.3, -0.25) is 19.5 Å². The Kier molecular flexibility index (Phi) is 2.67. The second-order valence-electron chi connectivity index (χ2n) is 4.44. The molecule has 3 N–H and O–H groups in total. The van der Waals surface area contributed by atoms with Crippen LogP contribution in [-0.2, 0) is 9.59 Å². The molecule has 0 bridgehead atoms. The molecule has 1 unspecified atom stereocenters. The van der Waals surface area contributed by atoms with Crippen molar-refractivity contribution in [2.45, 2.75) is 18.9 Å². The normalized spacial score (nSPS) is 19.7. The van der Waals surface area contributed by atoms with E-state index in [1.54, 1.807) is 22.8 Å². The Morgan fingerprint density at radius 2 is 2.21 bits per heavy atom. The minimum atomic E-state index is -0.527. The topological polar surface area (TPSA) is 90.0 Å². The lowest BCUT2D eigenvalue weighted by Gasteiger charge is -2.23. The molecule has 2 aromatic rings. The molecule has 0 aliphatic carbocycles. The van der Waals surface area contributed by atoms with E-state index in [0.29, 0.717) is 22.5 Å². The van der Waals surface area contributed by atoms with Gasteiger partial charge in [0.05, 0.1) is 11.0 Å². The zero-order valence-corrected chi connectivity index (χ0v) is 10.6. The minimum Gasteiger partial charge on any atom is -0.369 e. The predicted molar refractivity (Wildman–Crippen MR) is 70.6 cm³/mol. The molecular weight excluding hydrogens is 268 g/mol. The van der Waals surface area contributed by atoms with Gasteiger partial charge in [0.25, 0.3) is 0 Å². The lowest BCUT2D eigenvalue weighted by atomic mass is 10.1. The first kappa shape index (κ1) is 12.0. The Morgan fingerprint density at radius 3 is 2.95 bits per heavy atom. The van der Waals surface area contributed by atoms with Crippen molar-refractivity contribution >= 4 is 40.4 Å². The third kappa shape index (κ3) is 1.94. The van der Waals surface area contributed by atoms with Crippen LogP contribution in [0.4, 0.5) is 5.95 Å². The van der Waals surface area contributed by atoms with Gasteiger partial charge in [-0.25, -0.2) is 4.98 Å². The Balaban J connectivity index is 2.14. The van der Waals surface area contributed by atoms with Crippen molar-refractivity contribution in [3.05, 3.63) is 23.2 Å². The zero-order chi connectivity index (χ0) is 13.6. The lowest BCUT2D eigenvalue weighted by Crippen LogP contribution is -2.41. The Bertz CT molecular complexity index is 694. The van der Waals surface area contributed by atoms with Crippen molar-refractivity contribution in [2.24, 2.45) is 0 Å². The fourth-order valence-corrected chi connectivity index (χ4v) is 2.51. The standard InChI is InChI=1S/C12H11ClN4O2/c13-6-1-2-7-9(5-6)17(12(14)15-7)8-3-4-10(18)16-11(8)19/h1-2,5,8H,3-4H2,(H2,14,15)(H,16,18,19). The van der Waals surface area contributed by atoms with E-state index in [1.165, 1.54) is 0 Å². The molecule has 0 radical (unpaired) electrons. The van der Waals surface area contributed by atoms with Crippen molar-refractivity contribution in [2.75, 3.05) is 5.73 Å². The molecule has 1 aromatic heterocycles. The van der Waals surface area contributed by atoms with Gasteiger partial charge in [0.1, 0.15) is 6.04 Å². The number of nitrogen functional groups attached to an aromatic ring is 1. The number of nitrogens with one attached hydrogen (secondary N) is 1. The summed E-state index contributed by atoms with van der Waals surface area (Å²) in [6.45, 7) is 0. The van der Waals surface area contributed by atoms with Crippen LogP contribution in [0.25, 0.3) is 11.0 Å². The van der Waals surface area contributed by atoms with Crippen molar-refractivity contribution in [1.82, 2.24) is 14.9 Å². The average molecular weight is 279 g/mol. The van der Waals surface area contributed by atoms with Crippen molar-refractivity contribution < 1.29 is 9.59 Å². The maximum atomic E-state index is 11.9. The molecule has 6 nitrogen and oxygen atoms in total. The molecule has 0 saturated carbocycles. The summed E-state index contributed by atoms with van der Waals surface area (Å²) in [6.07, 6.45) is 0.697. The number of nitrogens with two attached hydrogens (primary N) is 1. The summed E-state index contributed by atoms with van der Waals surface area (Å²) in [7, 11) is 0. The van der Waals surface area contributed by atoms with Gasteiger partial charge in [-0.1, -0.05) is 11.6 Å². The molecule has 1 aliphatic heterocycles. The van der Waals surface area contributed by atoms with Crippen LogP contribution in [0.15, 0.2) is 18.2 Å². The van der Waals surface area contributed by atoms with E-state index >= 15 is 0 Å². The molecule has 98 valence electrons. The molecule has 1 aromatic carbocycles. The number of nitrogens with zero attached hydrogens (tertiary/aromatic N) is 2. The van der Waals surface area contributed by atoms with Crippen LogP contribution in [0.1, 0.15) is 18.9 Å². The second kappa shape index (κ2) is 4.24. The highest BCUT2D eigenvalue weighted by Crippen LogP contribution is 2.29. The second-order valence-corrected chi connectivity index (χ2v) is 4.88. The summed E-state index contributed by atoms with van der Waals surface area (Å²) in [5.41, 5.74) is 7.24. The van der Waals surface area contributed by atoms with Crippen LogP contribution in [0, 0.1) is 0 Å².